The maximum absolute atomic E-state index is 11.6. The Morgan fingerprint density at radius 3 is 2.84 bits per heavy atom. The van der Waals surface area contributed by atoms with Crippen LogP contribution >= 0.6 is 0 Å². The molecule has 0 bridgehead atoms. The van der Waals surface area contributed by atoms with Crippen molar-refractivity contribution < 1.29 is 9.53 Å². The van der Waals surface area contributed by atoms with Crippen LogP contribution in [0.4, 0.5) is 0 Å². The van der Waals surface area contributed by atoms with Gasteiger partial charge in [0.2, 0.25) is 0 Å². The lowest BCUT2D eigenvalue weighted by Gasteiger charge is -2.09. The topological polar surface area (TPSA) is 50.4 Å². The fraction of sp³-hybridized carbons (Fsp3) is 0.533. The van der Waals surface area contributed by atoms with Crippen molar-refractivity contribution in [1.29, 1.82) is 0 Å². The number of nitrogens with one attached hydrogen (secondary N) is 2. The average molecular weight is 264 g/mol. The van der Waals surface area contributed by atoms with Gasteiger partial charge in [-0.25, -0.2) is 0 Å². The average Bonchev–Trinajstić information content (AvgIpc) is 2.37. The maximum Gasteiger partial charge on any atom is 0.257 e. The highest BCUT2D eigenvalue weighted by Crippen LogP contribution is 2.12. The molecule has 0 aliphatic rings. The van der Waals surface area contributed by atoms with Crippen molar-refractivity contribution >= 4 is 5.91 Å². The van der Waals surface area contributed by atoms with E-state index < -0.39 is 0 Å². The molecule has 0 saturated carbocycles. The summed E-state index contributed by atoms with van der Waals surface area (Å²) in [5, 5.41) is 5.93. The van der Waals surface area contributed by atoms with Crippen LogP contribution in [0.15, 0.2) is 24.3 Å². The Hall–Kier alpha value is -1.55. The van der Waals surface area contributed by atoms with E-state index in [0.29, 0.717) is 12.5 Å². The zero-order valence-electron chi connectivity index (χ0n) is 12.0. The van der Waals surface area contributed by atoms with Gasteiger partial charge in [-0.2, -0.15) is 0 Å². The van der Waals surface area contributed by atoms with E-state index in [1.54, 1.807) is 0 Å². The number of hydrogen-bond donors (Lipinski definition) is 2. The van der Waals surface area contributed by atoms with Gasteiger partial charge in [-0.1, -0.05) is 26.0 Å². The quantitative estimate of drug-likeness (QED) is 0.754. The molecule has 106 valence electrons. The van der Waals surface area contributed by atoms with Crippen LogP contribution in [0.2, 0.25) is 0 Å². The van der Waals surface area contributed by atoms with Gasteiger partial charge in [0.05, 0.1) is 0 Å². The van der Waals surface area contributed by atoms with Crippen LogP contribution in [0.25, 0.3) is 0 Å². The zero-order chi connectivity index (χ0) is 14.1. The minimum absolute atomic E-state index is 0.0698. The van der Waals surface area contributed by atoms with Crippen molar-refractivity contribution in [2.45, 2.75) is 26.8 Å². The third-order valence-electron chi connectivity index (χ3n) is 2.69. The summed E-state index contributed by atoms with van der Waals surface area (Å²) in [5.41, 5.74) is 1.14. The number of ether oxygens (including phenoxy) is 1. The van der Waals surface area contributed by atoms with Gasteiger partial charge in [0.15, 0.2) is 6.61 Å². The second kappa shape index (κ2) is 8.53. The molecule has 0 aliphatic carbocycles. The van der Waals surface area contributed by atoms with Crippen molar-refractivity contribution in [2.24, 2.45) is 5.92 Å². The summed E-state index contributed by atoms with van der Waals surface area (Å²) >= 11 is 0. The lowest BCUT2D eigenvalue weighted by molar-refractivity contribution is -0.123. The monoisotopic (exact) mass is 264 g/mol. The Morgan fingerprint density at radius 2 is 2.16 bits per heavy atom. The van der Waals surface area contributed by atoms with Crippen molar-refractivity contribution in [3.05, 3.63) is 29.8 Å². The molecule has 0 aliphatic heterocycles. The van der Waals surface area contributed by atoms with Gasteiger partial charge in [-0.3, -0.25) is 4.79 Å². The van der Waals surface area contributed by atoms with E-state index in [-0.39, 0.29) is 12.5 Å². The van der Waals surface area contributed by atoms with Crippen LogP contribution in [-0.2, 0) is 11.3 Å². The van der Waals surface area contributed by atoms with Gasteiger partial charge in [0, 0.05) is 13.1 Å². The van der Waals surface area contributed by atoms with Crippen molar-refractivity contribution in [3.8, 4) is 5.75 Å². The maximum atomic E-state index is 11.6. The van der Waals surface area contributed by atoms with Gasteiger partial charge in [-0.15, -0.1) is 0 Å². The molecular weight excluding hydrogens is 240 g/mol. The van der Waals surface area contributed by atoms with E-state index in [1.807, 2.05) is 31.3 Å². The lowest BCUT2D eigenvalue weighted by atomic mass is 10.1. The molecule has 0 aromatic heterocycles. The Bertz CT molecular complexity index is 391. The van der Waals surface area contributed by atoms with Crippen LogP contribution in [0.3, 0.4) is 0 Å². The fourth-order valence-corrected chi connectivity index (χ4v) is 1.65. The fourth-order valence-electron chi connectivity index (χ4n) is 1.65. The van der Waals surface area contributed by atoms with Crippen LogP contribution in [0, 0.1) is 5.92 Å². The van der Waals surface area contributed by atoms with Gasteiger partial charge in [-0.05, 0) is 37.1 Å². The number of carbonyl (C=O) groups excluding carboxylic acids is 1. The molecule has 4 heteroatoms. The van der Waals surface area contributed by atoms with E-state index in [2.05, 4.69) is 24.5 Å². The molecule has 1 aromatic carbocycles. The molecule has 0 fully saturated rings. The molecule has 4 nitrogen and oxygen atoms in total. The largest absolute Gasteiger partial charge is 0.484 e. The van der Waals surface area contributed by atoms with Crippen molar-refractivity contribution in [2.75, 3.05) is 20.2 Å². The van der Waals surface area contributed by atoms with Crippen LogP contribution in [0.1, 0.15) is 25.8 Å². The highest BCUT2D eigenvalue weighted by Gasteiger charge is 2.03. The van der Waals surface area contributed by atoms with E-state index in [0.717, 1.165) is 24.3 Å². The van der Waals surface area contributed by atoms with Crippen molar-refractivity contribution in [3.63, 3.8) is 0 Å². The predicted octanol–water partition coefficient (Wildman–Crippen LogP) is 1.95. The molecule has 0 saturated heterocycles. The van der Waals surface area contributed by atoms with Crippen LogP contribution in [-0.4, -0.2) is 26.1 Å². The summed E-state index contributed by atoms with van der Waals surface area (Å²) in [6, 6.07) is 7.75. The normalized spacial score (nSPS) is 10.5. The van der Waals surface area contributed by atoms with Gasteiger partial charge >= 0.3 is 0 Å². The summed E-state index contributed by atoms with van der Waals surface area (Å²) in [6.07, 6.45) is 0.989. The molecule has 0 heterocycles. The summed E-state index contributed by atoms with van der Waals surface area (Å²) in [7, 11) is 1.90. The first-order valence-corrected chi connectivity index (χ1v) is 6.75. The first-order chi connectivity index (χ1) is 9.11. The SMILES string of the molecule is CNCc1cccc(OCC(=O)NCCC(C)C)c1. The second-order valence-corrected chi connectivity index (χ2v) is 5.00. The molecule has 1 aromatic rings. The summed E-state index contributed by atoms with van der Waals surface area (Å²) in [5.74, 6) is 1.26. The standard InChI is InChI=1S/C15H24N2O2/c1-12(2)7-8-17-15(18)11-19-14-6-4-5-13(9-14)10-16-3/h4-6,9,12,16H,7-8,10-11H2,1-3H3,(H,17,18). The Morgan fingerprint density at radius 1 is 1.37 bits per heavy atom. The van der Waals surface area contributed by atoms with Crippen LogP contribution in [0.5, 0.6) is 5.75 Å². The second-order valence-electron chi connectivity index (χ2n) is 5.00. The molecule has 2 N–H and O–H groups in total. The molecule has 1 rings (SSSR count). The van der Waals surface area contributed by atoms with Gasteiger partial charge < -0.3 is 15.4 Å². The van der Waals surface area contributed by atoms with Gasteiger partial charge in [0.1, 0.15) is 5.75 Å². The molecule has 19 heavy (non-hydrogen) atoms. The lowest BCUT2D eigenvalue weighted by Crippen LogP contribution is -2.30. The number of hydrogen-bond acceptors (Lipinski definition) is 3. The molecular formula is C15H24N2O2. The first kappa shape index (κ1) is 15.5. The molecule has 0 spiro atoms. The number of carbonyl (C=O) groups is 1. The number of rotatable bonds is 8. The molecule has 0 radical (unpaired) electrons. The van der Waals surface area contributed by atoms with Gasteiger partial charge in [0.25, 0.3) is 5.91 Å². The third-order valence-corrected chi connectivity index (χ3v) is 2.69. The first-order valence-electron chi connectivity index (χ1n) is 6.75. The number of benzene rings is 1. The minimum Gasteiger partial charge on any atom is -0.484 e. The molecule has 0 unspecified atom stereocenters. The summed E-state index contributed by atoms with van der Waals surface area (Å²) in [6.45, 7) is 5.84. The van der Waals surface area contributed by atoms with Crippen LogP contribution < -0.4 is 15.4 Å². The Labute approximate surface area is 115 Å². The van der Waals surface area contributed by atoms with E-state index in [4.69, 9.17) is 4.74 Å². The Kier molecular flexibility index (Phi) is 6.97. The number of amides is 1. The van der Waals surface area contributed by atoms with E-state index in [1.165, 1.54) is 0 Å². The highest BCUT2D eigenvalue weighted by molar-refractivity contribution is 5.77. The summed E-state index contributed by atoms with van der Waals surface area (Å²) < 4.78 is 5.47. The third kappa shape index (κ3) is 6.82. The summed E-state index contributed by atoms with van der Waals surface area (Å²) in [4.78, 5) is 11.6. The minimum atomic E-state index is -0.0698. The smallest absolute Gasteiger partial charge is 0.257 e. The van der Waals surface area contributed by atoms with E-state index in [9.17, 15) is 4.79 Å². The molecule has 1 amide bonds. The highest BCUT2D eigenvalue weighted by atomic mass is 16.5. The molecule has 0 atom stereocenters. The predicted molar refractivity (Wildman–Crippen MR) is 77.2 cm³/mol. The Balaban J connectivity index is 2.31. The van der Waals surface area contributed by atoms with Crippen molar-refractivity contribution in [1.82, 2.24) is 10.6 Å². The van der Waals surface area contributed by atoms with E-state index >= 15 is 0 Å². The zero-order valence-corrected chi connectivity index (χ0v) is 12.0.